The normalized spacial score (nSPS) is 14.8. The highest BCUT2D eigenvalue weighted by Gasteiger charge is 2.19. The zero-order valence-electron chi connectivity index (χ0n) is 8.89. The Morgan fingerprint density at radius 3 is 2.81 bits per heavy atom. The number of rotatable bonds is 1. The molecule has 0 fully saturated rings. The van der Waals surface area contributed by atoms with Crippen molar-refractivity contribution < 1.29 is 0 Å². The number of hydrogen-bond acceptors (Lipinski definition) is 3. The van der Waals surface area contributed by atoms with Crippen molar-refractivity contribution in [3.63, 3.8) is 0 Å². The van der Waals surface area contributed by atoms with E-state index in [1.807, 2.05) is 46.8 Å². The molecule has 0 saturated carbocycles. The molecule has 0 unspecified atom stereocenters. The molecule has 1 aliphatic rings. The molecule has 0 atom stereocenters. The fourth-order valence-corrected chi connectivity index (χ4v) is 2.98. The first kappa shape index (κ1) is 9.78. The molecule has 2 heterocycles. The summed E-state index contributed by atoms with van der Waals surface area (Å²) in [6.45, 7) is 0. The molecule has 4 heteroatoms. The Hall–Kier alpha value is -1.42. The number of nitrogens with two attached hydrogens (primary N) is 1. The Morgan fingerprint density at radius 1 is 1.25 bits per heavy atom. The molecule has 1 aliphatic heterocycles. The molecule has 0 spiro atoms. The van der Waals surface area contributed by atoms with E-state index < -0.39 is 0 Å². The van der Waals surface area contributed by atoms with Gasteiger partial charge in [-0.15, -0.1) is 0 Å². The van der Waals surface area contributed by atoms with Crippen LogP contribution in [-0.4, -0.2) is 15.5 Å². The molecule has 2 N–H and O–H groups in total. The first-order chi connectivity index (χ1) is 7.86. The van der Waals surface area contributed by atoms with Crippen LogP contribution in [0.4, 0.5) is 5.82 Å². The van der Waals surface area contributed by atoms with Gasteiger partial charge in [0.2, 0.25) is 0 Å². The van der Waals surface area contributed by atoms with E-state index in [-0.39, 0.29) is 0 Å². The zero-order chi connectivity index (χ0) is 11.0. The van der Waals surface area contributed by atoms with Gasteiger partial charge in [-0.05, 0) is 17.9 Å². The maximum atomic E-state index is 6.14. The van der Waals surface area contributed by atoms with Crippen LogP contribution in [0.3, 0.4) is 0 Å². The van der Waals surface area contributed by atoms with Crippen molar-refractivity contribution in [2.75, 3.05) is 11.5 Å². The largest absolute Gasteiger partial charge is 0.383 e. The van der Waals surface area contributed by atoms with E-state index in [4.69, 9.17) is 5.73 Å². The minimum Gasteiger partial charge on any atom is -0.383 e. The van der Waals surface area contributed by atoms with Crippen LogP contribution < -0.4 is 5.73 Å². The Morgan fingerprint density at radius 2 is 2.06 bits per heavy atom. The number of aryl methyl sites for hydroxylation is 1. The van der Waals surface area contributed by atoms with E-state index in [1.54, 1.807) is 0 Å². The van der Waals surface area contributed by atoms with Crippen LogP contribution in [0.1, 0.15) is 11.3 Å². The molecule has 1 aromatic carbocycles. The lowest BCUT2D eigenvalue weighted by molar-refractivity contribution is 0.849. The van der Waals surface area contributed by atoms with Crippen molar-refractivity contribution in [1.29, 1.82) is 0 Å². The quantitative estimate of drug-likeness (QED) is 0.818. The second-order valence-electron chi connectivity index (χ2n) is 3.86. The summed E-state index contributed by atoms with van der Waals surface area (Å²) in [5, 5.41) is 4.60. The van der Waals surface area contributed by atoms with Gasteiger partial charge in [-0.3, -0.25) is 0 Å². The summed E-state index contributed by atoms with van der Waals surface area (Å²) in [5.74, 6) is 2.94. The summed E-state index contributed by atoms with van der Waals surface area (Å²) in [6.07, 6.45) is 1.03. The second-order valence-corrected chi connectivity index (χ2v) is 4.97. The third-order valence-electron chi connectivity index (χ3n) is 2.84. The SMILES string of the molecule is Nc1c2c(nn1-c1ccccc1)CCSC2. The van der Waals surface area contributed by atoms with Crippen LogP contribution in [0.5, 0.6) is 0 Å². The maximum Gasteiger partial charge on any atom is 0.131 e. The van der Waals surface area contributed by atoms with Crippen molar-refractivity contribution in [3.05, 3.63) is 41.6 Å². The van der Waals surface area contributed by atoms with Gasteiger partial charge >= 0.3 is 0 Å². The summed E-state index contributed by atoms with van der Waals surface area (Å²) in [5.41, 5.74) is 9.57. The van der Waals surface area contributed by atoms with E-state index in [9.17, 15) is 0 Å². The van der Waals surface area contributed by atoms with Crippen molar-refractivity contribution in [3.8, 4) is 5.69 Å². The lowest BCUT2D eigenvalue weighted by Gasteiger charge is -2.08. The van der Waals surface area contributed by atoms with Crippen LogP contribution in [0.15, 0.2) is 30.3 Å². The molecule has 0 saturated heterocycles. The minimum absolute atomic E-state index is 0.799. The summed E-state index contributed by atoms with van der Waals surface area (Å²) < 4.78 is 1.86. The van der Waals surface area contributed by atoms with Crippen molar-refractivity contribution in [2.24, 2.45) is 0 Å². The van der Waals surface area contributed by atoms with Gasteiger partial charge in [0.1, 0.15) is 5.82 Å². The highest BCUT2D eigenvalue weighted by atomic mass is 32.2. The van der Waals surface area contributed by atoms with E-state index in [0.29, 0.717) is 0 Å². The van der Waals surface area contributed by atoms with E-state index >= 15 is 0 Å². The third-order valence-corrected chi connectivity index (χ3v) is 3.82. The van der Waals surface area contributed by atoms with E-state index in [0.717, 1.165) is 29.4 Å². The molecule has 3 rings (SSSR count). The number of nitrogens with zero attached hydrogens (tertiary/aromatic N) is 2. The molecular formula is C12H13N3S. The Labute approximate surface area is 98.6 Å². The van der Waals surface area contributed by atoms with Crippen LogP contribution >= 0.6 is 11.8 Å². The van der Waals surface area contributed by atoms with Gasteiger partial charge in [0.25, 0.3) is 0 Å². The highest BCUT2D eigenvalue weighted by Crippen LogP contribution is 2.30. The van der Waals surface area contributed by atoms with E-state index in [1.165, 1.54) is 11.3 Å². The predicted octanol–water partition coefficient (Wildman–Crippen LogP) is 2.24. The van der Waals surface area contributed by atoms with Gasteiger partial charge in [-0.1, -0.05) is 18.2 Å². The maximum absolute atomic E-state index is 6.14. The average Bonchev–Trinajstić information content (AvgIpc) is 2.69. The smallest absolute Gasteiger partial charge is 0.131 e. The first-order valence-electron chi connectivity index (χ1n) is 5.35. The fraction of sp³-hybridized carbons (Fsp3) is 0.250. The van der Waals surface area contributed by atoms with Crippen LogP contribution in [-0.2, 0) is 12.2 Å². The number of anilines is 1. The number of hydrogen-bond donors (Lipinski definition) is 1. The monoisotopic (exact) mass is 231 g/mol. The van der Waals surface area contributed by atoms with Gasteiger partial charge in [0.05, 0.1) is 11.4 Å². The van der Waals surface area contributed by atoms with E-state index in [2.05, 4.69) is 5.10 Å². The molecule has 82 valence electrons. The minimum atomic E-state index is 0.799. The Bertz CT molecular complexity index is 504. The van der Waals surface area contributed by atoms with Gasteiger partial charge in [0, 0.05) is 17.7 Å². The number of nitrogen functional groups attached to an aromatic ring is 1. The number of benzene rings is 1. The molecule has 0 amide bonds. The predicted molar refractivity (Wildman–Crippen MR) is 67.8 cm³/mol. The molecule has 0 aliphatic carbocycles. The first-order valence-corrected chi connectivity index (χ1v) is 6.51. The Kier molecular flexibility index (Phi) is 2.36. The van der Waals surface area contributed by atoms with Crippen molar-refractivity contribution >= 4 is 17.6 Å². The lowest BCUT2D eigenvalue weighted by Crippen LogP contribution is -2.02. The zero-order valence-corrected chi connectivity index (χ0v) is 9.70. The third kappa shape index (κ3) is 1.50. The molecule has 2 aromatic rings. The summed E-state index contributed by atoms with van der Waals surface area (Å²) in [4.78, 5) is 0. The topological polar surface area (TPSA) is 43.8 Å². The Balaban J connectivity index is 2.12. The van der Waals surface area contributed by atoms with Crippen LogP contribution in [0, 0.1) is 0 Å². The fourth-order valence-electron chi connectivity index (χ4n) is 1.98. The number of para-hydroxylation sites is 1. The molecule has 0 bridgehead atoms. The molecule has 1 aromatic heterocycles. The number of thioether (sulfide) groups is 1. The summed E-state index contributed by atoms with van der Waals surface area (Å²) in [7, 11) is 0. The van der Waals surface area contributed by atoms with Gasteiger partial charge in [-0.25, -0.2) is 4.68 Å². The van der Waals surface area contributed by atoms with Gasteiger partial charge in [0.15, 0.2) is 0 Å². The number of fused-ring (bicyclic) bond motifs is 1. The van der Waals surface area contributed by atoms with Crippen molar-refractivity contribution in [1.82, 2.24) is 9.78 Å². The molecule has 16 heavy (non-hydrogen) atoms. The average molecular weight is 231 g/mol. The van der Waals surface area contributed by atoms with Gasteiger partial charge < -0.3 is 5.73 Å². The lowest BCUT2D eigenvalue weighted by atomic mass is 10.2. The van der Waals surface area contributed by atoms with Crippen molar-refractivity contribution in [2.45, 2.75) is 12.2 Å². The highest BCUT2D eigenvalue weighted by molar-refractivity contribution is 7.98. The second kappa shape index (κ2) is 3.87. The summed E-state index contributed by atoms with van der Waals surface area (Å²) >= 11 is 1.93. The van der Waals surface area contributed by atoms with Crippen LogP contribution in [0.25, 0.3) is 5.69 Å². The molecular weight excluding hydrogens is 218 g/mol. The molecule has 0 radical (unpaired) electrons. The summed E-state index contributed by atoms with van der Waals surface area (Å²) in [6, 6.07) is 10.1. The standard InChI is InChI=1S/C12H13N3S/c13-12-10-8-16-7-6-11(10)14-15(12)9-4-2-1-3-5-9/h1-5H,6-8,13H2. The van der Waals surface area contributed by atoms with Gasteiger partial charge in [-0.2, -0.15) is 16.9 Å². The van der Waals surface area contributed by atoms with Crippen LogP contribution in [0.2, 0.25) is 0 Å². The molecule has 3 nitrogen and oxygen atoms in total. The number of aromatic nitrogens is 2.